The fourth-order valence-electron chi connectivity index (χ4n) is 2.50. The average molecular weight is 343 g/mol. The van der Waals surface area contributed by atoms with E-state index < -0.39 is 0 Å². The topological polar surface area (TPSA) is 72.2 Å². The quantitative estimate of drug-likeness (QED) is 0.769. The minimum atomic E-state index is -0.150. The highest BCUT2D eigenvalue weighted by molar-refractivity contribution is 7.13. The van der Waals surface area contributed by atoms with E-state index in [1.807, 2.05) is 36.7 Å². The first kappa shape index (κ1) is 16.6. The Morgan fingerprint density at radius 1 is 1.38 bits per heavy atom. The third kappa shape index (κ3) is 3.17. The molecule has 1 unspecified atom stereocenters. The average Bonchev–Trinajstić information content (AvgIpc) is 3.15. The Hall–Kier alpha value is -2.28. The van der Waals surface area contributed by atoms with Crippen LogP contribution in [0.15, 0.2) is 24.7 Å². The Morgan fingerprint density at radius 2 is 2.17 bits per heavy atom. The smallest absolute Gasteiger partial charge is 0.263 e. The molecule has 0 aliphatic rings. The largest absolute Gasteiger partial charge is 0.343 e. The lowest BCUT2D eigenvalue weighted by Gasteiger charge is -2.14. The molecule has 126 valence electrons. The summed E-state index contributed by atoms with van der Waals surface area (Å²) in [6, 6.07) is 1.70. The van der Waals surface area contributed by atoms with Crippen LogP contribution in [0.1, 0.15) is 65.2 Å². The van der Waals surface area contributed by atoms with Crippen molar-refractivity contribution in [3.8, 4) is 0 Å². The number of thiazole rings is 1. The van der Waals surface area contributed by atoms with Crippen LogP contribution in [-0.4, -0.2) is 25.3 Å². The van der Waals surface area contributed by atoms with Crippen LogP contribution in [0.3, 0.4) is 0 Å². The van der Waals surface area contributed by atoms with Gasteiger partial charge in [-0.25, -0.2) is 15.0 Å². The van der Waals surface area contributed by atoms with Gasteiger partial charge in [-0.15, -0.1) is 11.3 Å². The van der Waals surface area contributed by atoms with Crippen LogP contribution in [0.2, 0.25) is 0 Å². The van der Waals surface area contributed by atoms with Gasteiger partial charge in [-0.2, -0.15) is 0 Å². The summed E-state index contributed by atoms with van der Waals surface area (Å²) in [4.78, 5) is 26.6. The number of aromatic nitrogens is 4. The summed E-state index contributed by atoms with van der Waals surface area (Å²) in [5.74, 6) is 0.867. The van der Waals surface area contributed by atoms with Crippen molar-refractivity contribution >= 4 is 23.0 Å². The molecule has 0 fully saturated rings. The number of nitrogens with one attached hydrogen (secondary N) is 1. The predicted molar refractivity (Wildman–Crippen MR) is 94.4 cm³/mol. The van der Waals surface area contributed by atoms with Crippen LogP contribution in [0.25, 0.3) is 5.78 Å². The van der Waals surface area contributed by atoms with Crippen LogP contribution >= 0.6 is 11.3 Å². The normalized spacial score (nSPS) is 12.7. The Bertz CT molecular complexity index is 834. The van der Waals surface area contributed by atoms with Gasteiger partial charge in [0, 0.05) is 24.5 Å². The van der Waals surface area contributed by atoms with E-state index in [9.17, 15) is 4.79 Å². The second-order valence-electron chi connectivity index (χ2n) is 6.05. The lowest BCUT2D eigenvalue weighted by atomic mass is 10.1. The summed E-state index contributed by atoms with van der Waals surface area (Å²) >= 11 is 1.47. The Kier molecular flexibility index (Phi) is 4.62. The standard InChI is InChI=1S/C17H21N5OS/c1-5-12(13-9-22-8-6-7-18-17(22)21-13)20-15(23)14-11(4)19-16(24-14)10(2)3/h6-10,12H,5H2,1-4H3,(H,20,23). The molecule has 7 heteroatoms. The third-order valence-electron chi connectivity index (χ3n) is 3.84. The number of amides is 1. The fraction of sp³-hybridized carbons (Fsp3) is 0.412. The van der Waals surface area contributed by atoms with E-state index in [0.29, 0.717) is 16.6 Å². The molecule has 3 aromatic rings. The van der Waals surface area contributed by atoms with Gasteiger partial charge in [0.2, 0.25) is 5.78 Å². The van der Waals surface area contributed by atoms with Gasteiger partial charge < -0.3 is 5.32 Å². The third-order valence-corrected chi connectivity index (χ3v) is 5.29. The van der Waals surface area contributed by atoms with E-state index in [4.69, 9.17) is 0 Å². The molecule has 0 radical (unpaired) electrons. The molecule has 1 amide bonds. The molecule has 1 atom stereocenters. The van der Waals surface area contributed by atoms with E-state index in [1.165, 1.54) is 11.3 Å². The molecule has 24 heavy (non-hydrogen) atoms. The van der Waals surface area contributed by atoms with Crippen molar-refractivity contribution in [1.82, 2.24) is 24.7 Å². The number of carbonyl (C=O) groups excluding carboxylic acids is 1. The summed E-state index contributed by atoms with van der Waals surface area (Å²) < 4.78 is 1.86. The first-order valence-electron chi connectivity index (χ1n) is 8.07. The van der Waals surface area contributed by atoms with Crippen molar-refractivity contribution in [3.63, 3.8) is 0 Å². The molecule has 1 N–H and O–H groups in total. The molecule has 3 heterocycles. The number of hydrogen-bond donors (Lipinski definition) is 1. The second kappa shape index (κ2) is 6.68. The van der Waals surface area contributed by atoms with E-state index in [2.05, 4.69) is 34.1 Å². The molecule has 0 bridgehead atoms. The fourth-order valence-corrected chi connectivity index (χ4v) is 3.47. The zero-order valence-corrected chi connectivity index (χ0v) is 15.1. The minimum absolute atomic E-state index is 0.0891. The number of carbonyl (C=O) groups is 1. The summed E-state index contributed by atoms with van der Waals surface area (Å²) in [5.41, 5.74) is 1.60. The van der Waals surface area contributed by atoms with Crippen molar-refractivity contribution in [3.05, 3.63) is 45.9 Å². The minimum Gasteiger partial charge on any atom is -0.343 e. The molecule has 0 aliphatic carbocycles. The Balaban J connectivity index is 1.83. The lowest BCUT2D eigenvalue weighted by molar-refractivity contribution is 0.0938. The SMILES string of the molecule is CCC(NC(=O)c1sc(C(C)C)nc1C)c1cn2cccnc2n1. The zero-order chi connectivity index (χ0) is 17.3. The molecule has 3 rings (SSSR count). The highest BCUT2D eigenvalue weighted by Gasteiger charge is 2.21. The number of nitrogens with zero attached hydrogens (tertiary/aromatic N) is 4. The molecule has 0 spiro atoms. The highest BCUT2D eigenvalue weighted by atomic mass is 32.1. The Labute approximate surface area is 145 Å². The second-order valence-corrected chi connectivity index (χ2v) is 7.08. The van der Waals surface area contributed by atoms with Crippen molar-refractivity contribution in [2.45, 2.75) is 46.1 Å². The van der Waals surface area contributed by atoms with E-state index >= 15 is 0 Å². The maximum Gasteiger partial charge on any atom is 0.263 e. The Morgan fingerprint density at radius 3 is 2.79 bits per heavy atom. The van der Waals surface area contributed by atoms with Crippen LogP contribution in [-0.2, 0) is 0 Å². The molecule has 0 saturated carbocycles. The molecule has 0 aromatic carbocycles. The van der Waals surface area contributed by atoms with Crippen molar-refractivity contribution < 1.29 is 4.79 Å². The van der Waals surface area contributed by atoms with Gasteiger partial charge in [0.05, 0.1) is 22.4 Å². The van der Waals surface area contributed by atoms with Crippen molar-refractivity contribution in [2.75, 3.05) is 0 Å². The van der Waals surface area contributed by atoms with Crippen LogP contribution < -0.4 is 5.32 Å². The first-order chi connectivity index (χ1) is 11.5. The summed E-state index contributed by atoms with van der Waals surface area (Å²) in [6.45, 7) is 8.07. The summed E-state index contributed by atoms with van der Waals surface area (Å²) in [5, 5.41) is 4.07. The van der Waals surface area contributed by atoms with E-state index in [-0.39, 0.29) is 11.9 Å². The first-order valence-corrected chi connectivity index (χ1v) is 8.89. The van der Waals surface area contributed by atoms with Gasteiger partial charge in [-0.3, -0.25) is 9.20 Å². The lowest BCUT2D eigenvalue weighted by Crippen LogP contribution is -2.28. The number of aryl methyl sites for hydroxylation is 1. The van der Waals surface area contributed by atoms with Crippen LogP contribution in [0, 0.1) is 6.92 Å². The van der Waals surface area contributed by atoms with Gasteiger partial charge >= 0.3 is 0 Å². The number of hydrogen-bond acceptors (Lipinski definition) is 5. The van der Waals surface area contributed by atoms with Gasteiger partial charge in [-0.1, -0.05) is 20.8 Å². The highest BCUT2D eigenvalue weighted by Crippen LogP contribution is 2.25. The molecule has 0 saturated heterocycles. The molecular weight excluding hydrogens is 322 g/mol. The molecule has 6 nitrogen and oxygen atoms in total. The predicted octanol–water partition coefficient (Wildman–Crippen LogP) is 3.50. The van der Waals surface area contributed by atoms with E-state index in [0.717, 1.165) is 22.8 Å². The summed E-state index contributed by atoms with van der Waals surface area (Å²) in [7, 11) is 0. The van der Waals surface area contributed by atoms with Gasteiger partial charge in [0.25, 0.3) is 5.91 Å². The van der Waals surface area contributed by atoms with Gasteiger partial charge in [-0.05, 0) is 19.4 Å². The monoisotopic (exact) mass is 343 g/mol. The van der Waals surface area contributed by atoms with Crippen LogP contribution in [0.4, 0.5) is 0 Å². The number of fused-ring (bicyclic) bond motifs is 1. The number of imidazole rings is 1. The van der Waals surface area contributed by atoms with Gasteiger partial charge in [0.1, 0.15) is 4.88 Å². The molecule has 3 aromatic heterocycles. The van der Waals surface area contributed by atoms with Crippen LogP contribution in [0.5, 0.6) is 0 Å². The molecule has 0 aliphatic heterocycles. The van der Waals surface area contributed by atoms with E-state index in [1.54, 1.807) is 6.20 Å². The summed E-state index contributed by atoms with van der Waals surface area (Å²) in [6.07, 6.45) is 6.27. The molecular formula is C17H21N5OS. The van der Waals surface area contributed by atoms with Crippen molar-refractivity contribution in [2.24, 2.45) is 0 Å². The van der Waals surface area contributed by atoms with Gasteiger partial charge in [0.15, 0.2) is 0 Å². The number of rotatable bonds is 5. The van der Waals surface area contributed by atoms with Crippen molar-refractivity contribution in [1.29, 1.82) is 0 Å². The maximum absolute atomic E-state index is 12.7. The zero-order valence-electron chi connectivity index (χ0n) is 14.3. The maximum atomic E-state index is 12.7.